The Labute approximate surface area is 130 Å². The van der Waals surface area contributed by atoms with Gasteiger partial charge < -0.3 is 10.2 Å². The van der Waals surface area contributed by atoms with E-state index in [1.54, 1.807) is 0 Å². The molecule has 0 unspecified atom stereocenters. The zero-order valence-electron chi connectivity index (χ0n) is 13.9. The summed E-state index contributed by atoms with van der Waals surface area (Å²) in [5.74, 6) is 0.953. The van der Waals surface area contributed by atoms with E-state index in [4.69, 9.17) is 0 Å². The molecule has 2 rings (SSSR count). The third-order valence-electron chi connectivity index (χ3n) is 4.95. The summed E-state index contributed by atoms with van der Waals surface area (Å²) >= 11 is 0. The monoisotopic (exact) mass is 289 g/mol. The molecule has 0 aliphatic heterocycles. The maximum atomic E-state index is 4.35. The van der Waals surface area contributed by atoms with Crippen LogP contribution in [0.2, 0.25) is 0 Å². The van der Waals surface area contributed by atoms with Crippen molar-refractivity contribution < 1.29 is 0 Å². The van der Waals surface area contributed by atoms with Gasteiger partial charge in [-0.1, -0.05) is 20.3 Å². The second-order valence-electron chi connectivity index (χ2n) is 6.37. The number of hydrogen-bond donors (Lipinski definition) is 1. The smallest absolute Gasteiger partial charge is 0.0598 e. The van der Waals surface area contributed by atoms with E-state index in [1.807, 2.05) is 12.4 Å². The minimum absolute atomic E-state index is 0.682. The number of anilines is 1. The molecule has 0 radical (unpaired) electrons. The van der Waals surface area contributed by atoms with Crippen LogP contribution in [0.1, 0.15) is 57.9 Å². The molecule has 1 saturated carbocycles. The van der Waals surface area contributed by atoms with Gasteiger partial charge in [0.05, 0.1) is 11.9 Å². The van der Waals surface area contributed by atoms with Gasteiger partial charge in [0, 0.05) is 25.8 Å². The second kappa shape index (κ2) is 8.38. The highest BCUT2D eigenvalue weighted by Crippen LogP contribution is 2.32. The molecule has 1 heterocycles. The van der Waals surface area contributed by atoms with Gasteiger partial charge in [0.2, 0.25) is 0 Å². The lowest BCUT2D eigenvalue weighted by Crippen LogP contribution is -2.36. The number of nitrogens with one attached hydrogen (secondary N) is 1. The molecule has 0 aromatic carbocycles. The van der Waals surface area contributed by atoms with Crippen molar-refractivity contribution in [3.05, 3.63) is 24.0 Å². The van der Waals surface area contributed by atoms with Crippen LogP contribution in [0.25, 0.3) is 0 Å². The van der Waals surface area contributed by atoms with Gasteiger partial charge in [0.25, 0.3) is 0 Å². The van der Waals surface area contributed by atoms with E-state index in [0.717, 1.165) is 19.0 Å². The largest absolute Gasteiger partial charge is 0.370 e. The highest BCUT2D eigenvalue weighted by molar-refractivity contribution is 5.52. The van der Waals surface area contributed by atoms with Gasteiger partial charge in [-0.05, 0) is 56.2 Å². The van der Waals surface area contributed by atoms with Gasteiger partial charge in [-0.25, -0.2) is 0 Å². The van der Waals surface area contributed by atoms with Gasteiger partial charge in [0.1, 0.15) is 0 Å². The number of nitrogens with zero attached hydrogens (tertiary/aromatic N) is 2. The fourth-order valence-electron chi connectivity index (χ4n) is 3.42. The zero-order chi connectivity index (χ0) is 15.1. The van der Waals surface area contributed by atoms with Crippen molar-refractivity contribution in [2.45, 2.75) is 65.0 Å². The summed E-state index contributed by atoms with van der Waals surface area (Å²) in [6, 6.07) is 2.84. The third kappa shape index (κ3) is 4.44. The van der Waals surface area contributed by atoms with E-state index in [1.165, 1.54) is 49.8 Å². The molecule has 1 fully saturated rings. The van der Waals surface area contributed by atoms with Crippen molar-refractivity contribution in [1.29, 1.82) is 0 Å². The van der Waals surface area contributed by atoms with Gasteiger partial charge in [-0.3, -0.25) is 4.98 Å². The molecule has 0 saturated heterocycles. The Bertz CT molecular complexity index is 411. The maximum Gasteiger partial charge on any atom is 0.0598 e. The molecule has 3 nitrogen and oxygen atoms in total. The molecule has 1 aromatic heterocycles. The highest BCUT2D eigenvalue weighted by atomic mass is 15.1. The van der Waals surface area contributed by atoms with Crippen LogP contribution in [0.5, 0.6) is 0 Å². The Morgan fingerprint density at radius 3 is 2.67 bits per heavy atom. The van der Waals surface area contributed by atoms with Crippen molar-refractivity contribution in [2.24, 2.45) is 5.92 Å². The van der Waals surface area contributed by atoms with Crippen LogP contribution in [-0.4, -0.2) is 24.6 Å². The Balaban J connectivity index is 2.00. The Morgan fingerprint density at radius 1 is 1.24 bits per heavy atom. The number of rotatable bonds is 7. The predicted octanol–water partition coefficient (Wildman–Crippen LogP) is 3.99. The maximum absolute atomic E-state index is 4.35. The summed E-state index contributed by atoms with van der Waals surface area (Å²) in [6.07, 6.45) is 11.9. The van der Waals surface area contributed by atoms with Crippen LogP contribution >= 0.6 is 0 Å². The van der Waals surface area contributed by atoms with Gasteiger partial charge in [-0.2, -0.15) is 0 Å². The zero-order valence-corrected chi connectivity index (χ0v) is 13.9. The average molecular weight is 289 g/mol. The second-order valence-corrected chi connectivity index (χ2v) is 6.37. The molecule has 118 valence electrons. The summed E-state index contributed by atoms with van der Waals surface area (Å²) in [5, 5.41) is 3.51. The van der Waals surface area contributed by atoms with Crippen LogP contribution in [0.4, 0.5) is 5.69 Å². The van der Waals surface area contributed by atoms with Crippen LogP contribution in [0.15, 0.2) is 18.5 Å². The minimum atomic E-state index is 0.682. The summed E-state index contributed by atoms with van der Waals surface area (Å²) in [6.45, 7) is 6.56. The molecule has 1 aliphatic rings. The molecule has 0 atom stereocenters. The molecule has 1 aromatic rings. The number of hydrogen-bond acceptors (Lipinski definition) is 3. The Hall–Kier alpha value is -1.09. The summed E-state index contributed by atoms with van der Waals surface area (Å²) in [4.78, 5) is 6.83. The summed E-state index contributed by atoms with van der Waals surface area (Å²) in [7, 11) is 2.25. The van der Waals surface area contributed by atoms with Crippen LogP contribution < -0.4 is 10.2 Å². The van der Waals surface area contributed by atoms with E-state index in [0.29, 0.717) is 6.04 Å². The highest BCUT2D eigenvalue weighted by Gasteiger charge is 2.24. The molecule has 3 heteroatoms. The summed E-state index contributed by atoms with van der Waals surface area (Å²) < 4.78 is 0. The lowest BCUT2D eigenvalue weighted by Gasteiger charge is -2.36. The number of aromatic nitrogens is 1. The van der Waals surface area contributed by atoms with Crippen molar-refractivity contribution in [2.75, 3.05) is 18.5 Å². The fourth-order valence-corrected chi connectivity index (χ4v) is 3.42. The SMILES string of the molecule is CCCNCc1ccncc1N(C)C1CCC(CC)CC1. The van der Waals surface area contributed by atoms with Gasteiger partial charge >= 0.3 is 0 Å². The van der Waals surface area contributed by atoms with E-state index in [2.05, 4.69) is 42.2 Å². The molecule has 1 N–H and O–H groups in total. The molecule has 0 bridgehead atoms. The Morgan fingerprint density at radius 2 is 2.00 bits per heavy atom. The first-order chi connectivity index (χ1) is 10.3. The minimum Gasteiger partial charge on any atom is -0.370 e. The fraction of sp³-hybridized carbons (Fsp3) is 0.722. The molecular weight excluding hydrogens is 258 g/mol. The van der Waals surface area contributed by atoms with E-state index >= 15 is 0 Å². The standard InChI is InChI=1S/C18H31N3/c1-4-11-19-13-16-10-12-20-14-18(16)21(3)17-8-6-15(5-2)7-9-17/h10,12,14-15,17,19H,4-9,11,13H2,1-3H3. The quantitative estimate of drug-likeness (QED) is 0.769. The first-order valence-electron chi connectivity index (χ1n) is 8.62. The van der Waals surface area contributed by atoms with Crippen LogP contribution in [0, 0.1) is 5.92 Å². The first kappa shape index (κ1) is 16.3. The topological polar surface area (TPSA) is 28.2 Å². The Kier molecular flexibility index (Phi) is 6.50. The average Bonchev–Trinajstić information content (AvgIpc) is 2.55. The third-order valence-corrected chi connectivity index (χ3v) is 4.95. The van der Waals surface area contributed by atoms with E-state index in [-0.39, 0.29) is 0 Å². The van der Waals surface area contributed by atoms with Crippen molar-refractivity contribution in [3.8, 4) is 0 Å². The predicted molar refractivity (Wildman–Crippen MR) is 90.7 cm³/mol. The van der Waals surface area contributed by atoms with Crippen molar-refractivity contribution in [3.63, 3.8) is 0 Å². The first-order valence-corrected chi connectivity index (χ1v) is 8.62. The molecule has 0 spiro atoms. The lowest BCUT2D eigenvalue weighted by molar-refractivity contribution is 0.313. The van der Waals surface area contributed by atoms with Crippen LogP contribution in [-0.2, 0) is 6.54 Å². The normalized spacial score (nSPS) is 22.2. The van der Waals surface area contributed by atoms with Crippen LogP contribution in [0.3, 0.4) is 0 Å². The van der Waals surface area contributed by atoms with Crippen molar-refractivity contribution >= 4 is 5.69 Å². The van der Waals surface area contributed by atoms with Crippen molar-refractivity contribution in [1.82, 2.24) is 10.3 Å². The summed E-state index contributed by atoms with van der Waals surface area (Å²) in [5.41, 5.74) is 2.68. The molecule has 21 heavy (non-hydrogen) atoms. The van der Waals surface area contributed by atoms with Gasteiger partial charge in [0.15, 0.2) is 0 Å². The lowest BCUT2D eigenvalue weighted by atomic mass is 9.84. The molecular formula is C18H31N3. The van der Waals surface area contributed by atoms with E-state index < -0.39 is 0 Å². The number of pyridine rings is 1. The molecule has 1 aliphatic carbocycles. The molecule has 0 amide bonds. The van der Waals surface area contributed by atoms with E-state index in [9.17, 15) is 0 Å². The van der Waals surface area contributed by atoms with Gasteiger partial charge in [-0.15, -0.1) is 0 Å².